The van der Waals surface area contributed by atoms with Crippen LogP contribution in [-0.4, -0.2) is 45.5 Å². The first-order valence-electron chi connectivity index (χ1n) is 14.0. The number of nitrogens with one attached hydrogen (secondary N) is 1. The number of hydrogen-bond donors (Lipinski definition) is 1. The minimum Gasteiger partial charge on any atom is -0.497 e. The van der Waals surface area contributed by atoms with E-state index in [0.29, 0.717) is 34.5 Å². The van der Waals surface area contributed by atoms with Crippen molar-refractivity contribution >= 4 is 29.3 Å². The van der Waals surface area contributed by atoms with Crippen LogP contribution in [0.4, 0.5) is 10.1 Å². The maximum Gasteiger partial charge on any atom is 0.248 e. The van der Waals surface area contributed by atoms with E-state index in [2.05, 4.69) is 15.5 Å². The molecule has 1 N–H and O–H groups in total. The molecule has 2 heterocycles. The minimum absolute atomic E-state index is 0.0171. The lowest BCUT2D eigenvalue weighted by atomic mass is 9.94. The number of anilines is 1. The Morgan fingerprint density at radius 3 is 2.50 bits per heavy atom. The third-order valence-electron chi connectivity index (χ3n) is 7.38. The van der Waals surface area contributed by atoms with Crippen molar-refractivity contribution in [3.63, 3.8) is 0 Å². The molecule has 1 aliphatic rings. The minimum atomic E-state index is -1.02. The average molecular weight is 592 g/mol. The summed E-state index contributed by atoms with van der Waals surface area (Å²) in [6.07, 6.45) is 6.61. The molecule has 2 aromatic carbocycles. The molecule has 2 aromatic heterocycles. The molecular weight excluding hydrogens is 557 g/mol. The number of rotatable bonds is 11. The van der Waals surface area contributed by atoms with Gasteiger partial charge in [-0.1, -0.05) is 43.2 Å². The summed E-state index contributed by atoms with van der Waals surface area (Å²) in [5.74, 6) is 0.979. The molecule has 0 aliphatic heterocycles. The Hall–Kier alpha value is -4.12. The van der Waals surface area contributed by atoms with Gasteiger partial charge in [0.25, 0.3) is 0 Å². The molecular formula is C31H34FN5O4S. The lowest BCUT2D eigenvalue weighted by Gasteiger charge is -2.33. The highest BCUT2D eigenvalue weighted by Crippen LogP contribution is 2.32. The molecule has 1 saturated carbocycles. The number of hydrogen-bond acceptors (Lipinski definition) is 7. The van der Waals surface area contributed by atoms with Gasteiger partial charge in [-0.25, -0.2) is 4.39 Å². The van der Waals surface area contributed by atoms with Gasteiger partial charge < -0.3 is 14.5 Å². The van der Waals surface area contributed by atoms with Crippen LogP contribution in [0, 0.1) is 12.7 Å². The zero-order valence-corrected chi connectivity index (χ0v) is 24.5. The van der Waals surface area contributed by atoms with Crippen molar-refractivity contribution in [1.29, 1.82) is 0 Å². The predicted molar refractivity (Wildman–Crippen MR) is 158 cm³/mol. The smallest absolute Gasteiger partial charge is 0.248 e. The Morgan fingerprint density at radius 1 is 1.10 bits per heavy atom. The van der Waals surface area contributed by atoms with Crippen molar-refractivity contribution in [3.8, 4) is 5.75 Å². The molecule has 1 fully saturated rings. The standard InChI is InChI=1S/C31H34FN5O4S/c1-21-34-35-31(36(21)19-27-9-6-18-41-27)42-20-28(38)37(25-14-16-26(40-2)17-15-25)29(22-10-12-23(32)13-11-22)30(39)33-24-7-4-3-5-8-24/h6,9-18,24,29H,3-5,7-8,19-20H2,1-2H3,(H,33,39)/t29-/m1/s1. The monoisotopic (exact) mass is 591 g/mol. The van der Waals surface area contributed by atoms with Crippen molar-refractivity contribution in [1.82, 2.24) is 20.1 Å². The number of nitrogens with zero attached hydrogens (tertiary/aromatic N) is 4. The molecule has 11 heteroatoms. The average Bonchev–Trinajstić information content (AvgIpc) is 3.65. The van der Waals surface area contributed by atoms with Crippen LogP contribution in [0.25, 0.3) is 0 Å². The Morgan fingerprint density at radius 2 is 1.83 bits per heavy atom. The third-order valence-corrected chi connectivity index (χ3v) is 8.34. The van der Waals surface area contributed by atoms with Gasteiger partial charge in [0.2, 0.25) is 11.8 Å². The van der Waals surface area contributed by atoms with E-state index < -0.39 is 11.9 Å². The number of aryl methyl sites for hydroxylation is 1. The molecule has 1 aliphatic carbocycles. The molecule has 220 valence electrons. The van der Waals surface area contributed by atoms with E-state index in [0.717, 1.165) is 37.9 Å². The first-order valence-corrected chi connectivity index (χ1v) is 15.0. The number of benzene rings is 2. The Labute approximate surface area is 248 Å². The number of aromatic nitrogens is 3. The summed E-state index contributed by atoms with van der Waals surface area (Å²) < 4.78 is 26.6. The molecule has 1 atom stereocenters. The van der Waals surface area contributed by atoms with E-state index in [-0.39, 0.29) is 23.6 Å². The van der Waals surface area contributed by atoms with Gasteiger partial charge in [0.1, 0.15) is 29.2 Å². The van der Waals surface area contributed by atoms with Gasteiger partial charge in [0.05, 0.1) is 25.7 Å². The van der Waals surface area contributed by atoms with E-state index in [4.69, 9.17) is 9.15 Å². The normalized spacial score (nSPS) is 14.4. The topological polar surface area (TPSA) is 102 Å². The lowest BCUT2D eigenvalue weighted by molar-refractivity contribution is -0.126. The van der Waals surface area contributed by atoms with Crippen molar-refractivity contribution in [2.75, 3.05) is 17.8 Å². The maximum atomic E-state index is 14.1. The summed E-state index contributed by atoms with van der Waals surface area (Å²) in [5, 5.41) is 12.2. The van der Waals surface area contributed by atoms with Crippen molar-refractivity contribution in [3.05, 3.63) is 89.9 Å². The molecule has 2 amide bonds. The van der Waals surface area contributed by atoms with Crippen LogP contribution < -0.4 is 15.0 Å². The number of thioether (sulfide) groups is 1. The molecule has 0 radical (unpaired) electrons. The zero-order valence-electron chi connectivity index (χ0n) is 23.7. The number of carbonyl (C=O) groups is 2. The second kappa shape index (κ2) is 13.7. The zero-order chi connectivity index (χ0) is 29.5. The number of methoxy groups -OCH3 is 1. The molecule has 0 spiro atoms. The number of furan rings is 1. The fraction of sp³-hybridized carbons (Fsp3) is 0.355. The van der Waals surface area contributed by atoms with E-state index in [9.17, 15) is 14.0 Å². The number of amides is 2. The Kier molecular flexibility index (Phi) is 9.58. The molecule has 0 unspecified atom stereocenters. The SMILES string of the molecule is COc1ccc(N(C(=O)CSc2nnc(C)n2Cc2ccco2)[C@@H](C(=O)NC2CCCCC2)c2ccc(F)cc2)cc1. The van der Waals surface area contributed by atoms with Gasteiger partial charge in [-0.05, 0) is 73.9 Å². The van der Waals surface area contributed by atoms with E-state index in [1.165, 1.54) is 28.8 Å². The molecule has 0 saturated heterocycles. The highest BCUT2D eigenvalue weighted by Gasteiger charge is 2.34. The second-order valence-corrected chi connectivity index (χ2v) is 11.2. The third kappa shape index (κ3) is 7.02. The quantitative estimate of drug-likeness (QED) is 0.224. The van der Waals surface area contributed by atoms with Crippen molar-refractivity contribution < 1.29 is 23.1 Å². The fourth-order valence-corrected chi connectivity index (χ4v) is 6.02. The predicted octanol–water partition coefficient (Wildman–Crippen LogP) is 5.69. The largest absolute Gasteiger partial charge is 0.497 e. The molecule has 0 bridgehead atoms. The lowest BCUT2D eigenvalue weighted by Crippen LogP contribution is -2.47. The number of halogens is 1. The Balaban J connectivity index is 1.46. The van der Waals surface area contributed by atoms with Crippen LogP contribution in [0.5, 0.6) is 5.75 Å². The van der Waals surface area contributed by atoms with Gasteiger partial charge in [0.15, 0.2) is 5.16 Å². The molecule has 42 heavy (non-hydrogen) atoms. The van der Waals surface area contributed by atoms with E-state index >= 15 is 0 Å². The van der Waals surface area contributed by atoms with Crippen LogP contribution in [0.1, 0.15) is 55.3 Å². The Bertz CT molecular complexity index is 1470. The maximum absolute atomic E-state index is 14.1. The summed E-state index contributed by atoms with van der Waals surface area (Å²) in [6.45, 7) is 2.26. The number of carbonyl (C=O) groups excluding carboxylic acids is 2. The number of ether oxygens (including phenoxy) is 1. The summed E-state index contributed by atoms with van der Waals surface area (Å²) >= 11 is 1.23. The fourth-order valence-electron chi connectivity index (χ4n) is 5.17. The van der Waals surface area contributed by atoms with Crippen molar-refractivity contribution in [2.45, 2.75) is 62.8 Å². The van der Waals surface area contributed by atoms with Crippen LogP contribution in [0.3, 0.4) is 0 Å². The summed E-state index contributed by atoms with van der Waals surface area (Å²) in [6, 6.07) is 15.4. The highest BCUT2D eigenvalue weighted by atomic mass is 32.2. The molecule has 9 nitrogen and oxygen atoms in total. The van der Waals surface area contributed by atoms with Gasteiger partial charge in [0, 0.05) is 11.7 Å². The van der Waals surface area contributed by atoms with Crippen LogP contribution in [0.2, 0.25) is 0 Å². The highest BCUT2D eigenvalue weighted by molar-refractivity contribution is 7.99. The van der Waals surface area contributed by atoms with E-state index in [1.807, 2.05) is 23.6 Å². The second-order valence-electron chi connectivity index (χ2n) is 10.2. The first-order chi connectivity index (χ1) is 20.4. The first kappa shape index (κ1) is 29.4. The summed E-state index contributed by atoms with van der Waals surface area (Å²) in [5.41, 5.74) is 1.03. The van der Waals surface area contributed by atoms with Gasteiger partial charge in [-0.2, -0.15) is 0 Å². The van der Waals surface area contributed by atoms with Crippen molar-refractivity contribution in [2.24, 2.45) is 0 Å². The summed E-state index contributed by atoms with van der Waals surface area (Å²) in [4.78, 5) is 29.6. The van der Waals surface area contributed by atoms with Crippen LogP contribution in [-0.2, 0) is 16.1 Å². The van der Waals surface area contributed by atoms with Crippen LogP contribution in [0.15, 0.2) is 76.5 Å². The molecule has 4 aromatic rings. The van der Waals surface area contributed by atoms with E-state index in [1.54, 1.807) is 49.8 Å². The molecule has 5 rings (SSSR count). The summed E-state index contributed by atoms with van der Waals surface area (Å²) in [7, 11) is 1.56. The van der Waals surface area contributed by atoms with Crippen LogP contribution >= 0.6 is 11.8 Å². The van der Waals surface area contributed by atoms with Gasteiger partial charge in [-0.15, -0.1) is 10.2 Å². The van der Waals surface area contributed by atoms with Gasteiger partial charge in [-0.3, -0.25) is 19.1 Å². The van der Waals surface area contributed by atoms with Gasteiger partial charge >= 0.3 is 0 Å².